The second kappa shape index (κ2) is 5.05. The van der Waals surface area contributed by atoms with Gasteiger partial charge in [-0.05, 0) is 30.4 Å². The number of fused-ring (bicyclic) bond motifs is 6. The summed E-state index contributed by atoms with van der Waals surface area (Å²) in [5.41, 5.74) is 4.15. The first-order valence-electron chi connectivity index (χ1n) is 7.26. The molecule has 4 rings (SSSR count). The number of benzene rings is 1. The van der Waals surface area contributed by atoms with Gasteiger partial charge in [0.25, 0.3) is 0 Å². The molecule has 1 fully saturated rings. The maximum atomic E-state index is 6.15. The topological polar surface area (TPSA) is 25.8 Å². The third kappa shape index (κ3) is 1.73. The summed E-state index contributed by atoms with van der Waals surface area (Å²) in [5.74, 6) is 0.450. The van der Waals surface area contributed by atoms with Crippen LogP contribution in [0.3, 0.4) is 0 Å². The molecule has 1 heterocycles. The molecule has 0 amide bonds. The van der Waals surface area contributed by atoms with E-state index in [1.165, 1.54) is 6.42 Å². The minimum Gasteiger partial charge on any atom is -0.249 e. The number of hydrogen-bond donors (Lipinski definition) is 0. The van der Waals surface area contributed by atoms with Crippen LogP contribution in [0.2, 0.25) is 10.0 Å². The maximum absolute atomic E-state index is 6.15. The molecule has 0 N–H and O–H groups in total. The fourth-order valence-corrected chi connectivity index (χ4v) is 6.75. The number of alkyl halides is 2. The SMILES string of the molecule is C[C@]1(CBr)[C@@H]2CC[C@]1(CBr)c1nc3cc(Cl)c(Cl)cc3nc12. The van der Waals surface area contributed by atoms with E-state index in [-0.39, 0.29) is 10.8 Å². The van der Waals surface area contributed by atoms with Crippen molar-refractivity contribution >= 4 is 66.1 Å². The van der Waals surface area contributed by atoms with Gasteiger partial charge in [0.1, 0.15) is 0 Å². The molecule has 0 unspecified atom stereocenters. The molecule has 2 nitrogen and oxygen atoms in total. The predicted octanol–water partition coefficient (Wildman–Crippen LogP) is 5.86. The van der Waals surface area contributed by atoms with Gasteiger partial charge in [0.2, 0.25) is 0 Å². The van der Waals surface area contributed by atoms with Crippen molar-refractivity contribution in [2.45, 2.75) is 31.1 Å². The van der Waals surface area contributed by atoms with Crippen LogP contribution in [0, 0.1) is 5.41 Å². The van der Waals surface area contributed by atoms with Crippen LogP contribution in [0.5, 0.6) is 0 Å². The van der Waals surface area contributed by atoms with Gasteiger partial charge >= 0.3 is 0 Å². The molecular weight excluding hydrogens is 451 g/mol. The van der Waals surface area contributed by atoms with E-state index in [1.54, 1.807) is 0 Å². The Labute approximate surface area is 156 Å². The molecule has 1 saturated carbocycles. The van der Waals surface area contributed by atoms with Crippen molar-refractivity contribution in [3.8, 4) is 0 Å². The summed E-state index contributed by atoms with van der Waals surface area (Å²) in [6, 6.07) is 3.65. The second-order valence-electron chi connectivity index (χ2n) is 6.57. The maximum Gasteiger partial charge on any atom is 0.0906 e. The van der Waals surface area contributed by atoms with Crippen molar-refractivity contribution in [1.82, 2.24) is 9.97 Å². The highest BCUT2D eigenvalue weighted by atomic mass is 79.9. The van der Waals surface area contributed by atoms with Gasteiger partial charge in [-0.15, -0.1) is 0 Å². The number of nitrogens with zero attached hydrogens (tertiary/aromatic N) is 2. The first-order valence-corrected chi connectivity index (χ1v) is 10.3. The fraction of sp³-hybridized carbons (Fsp3) is 0.500. The molecule has 0 radical (unpaired) electrons. The first kappa shape index (κ1) is 15.6. The monoisotopic (exact) mass is 462 g/mol. The Hall–Kier alpha value is 0.1000. The zero-order valence-corrected chi connectivity index (χ0v) is 16.7. The normalized spacial score (nSPS) is 32.7. The Bertz CT molecular complexity index is 797. The summed E-state index contributed by atoms with van der Waals surface area (Å²) >= 11 is 19.8. The molecule has 2 aliphatic carbocycles. The average molecular weight is 465 g/mol. The average Bonchev–Trinajstić information content (AvgIpc) is 2.91. The lowest BCUT2D eigenvalue weighted by Gasteiger charge is -2.38. The van der Waals surface area contributed by atoms with Gasteiger partial charge in [-0.1, -0.05) is 62.0 Å². The van der Waals surface area contributed by atoms with Gasteiger partial charge in [-0.3, -0.25) is 0 Å². The van der Waals surface area contributed by atoms with Gasteiger partial charge in [-0.2, -0.15) is 0 Å². The lowest BCUT2D eigenvalue weighted by atomic mass is 9.70. The van der Waals surface area contributed by atoms with Crippen molar-refractivity contribution in [2.75, 3.05) is 10.7 Å². The van der Waals surface area contributed by atoms with Crippen LogP contribution in [0.25, 0.3) is 11.0 Å². The fourth-order valence-electron chi connectivity index (χ4n) is 4.32. The lowest BCUT2D eigenvalue weighted by Crippen LogP contribution is -2.40. The molecule has 0 spiro atoms. The number of halogens is 4. The van der Waals surface area contributed by atoms with Crippen molar-refractivity contribution in [3.05, 3.63) is 33.6 Å². The molecule has 2 aliphatic rings. The van der Waals surface area contributed by atoms with E-state index in [4.69, 9.17) is 33.2 Å². The van der Waals surface area contributed by atoms with E-state index in [0.717, 1.165) is 39.5 Å². The smallest absolute Gasteiger partial charge is 0.0906 e. The molecule has 2 aromatic rings. The zero-order chi connectivity index (χ0) is 15.7. The highest BCUT2D eigenvalue weighted by molar-refractivity contribution is 9.09. The Morgan fingerprint density at radius 2 is 1.77 bits per heavy atom. The van der Waals surface area contributed by atoms with Gasteiger partial charge < -0.3 is 0 Å². The minimum absolute atomic E-state index is 0.0454. The van der Waals surface area contributed by atoms with Crippen molar-refractivity contribution in [1.29, 1.82) is 0 Å². The van der Waals surface area contributed by atoms with E-state index in [2.05, 4.69) is 38.8 Å². The molecular formula is C16H14Br2Cl2N2. The molecule has 1 aromatic heterocycles. The third-order valence-corrected chi connectivity index (χ3v) is 8.59. The Morgan fingerprint density at radius 1 is 1.14 bits per heavy atom. The first-order chi connectivity index (χ1) is 10.5. The van der Waals surface area contributed by atoms with Crippen LogP contribution in [-0.2, 0) is 5.41 Å². The van der Waals surface area contributed by atoms with Crippen LogP contribution in [0.4, 0.5) is 0 Å². The number of rotatable bonds is 2. The van der Waals surface area contributed by atoms with Gasteiger partial charge in [0.15, 0.2) is 0 Å². The van der Waals surface area contributed by atoms with Gasteiger partial charge in [-0.25, -0.2) is 9.97 Å². The number of hydrogen-bond acceptors (Lipinski definition) is 2. The highest BCUT2D eigenvalue weighted by Crippen LogP contribution is 2.68. The van der Waals surface area contributed by atoms with Gasteiger partial charge in [0, 0.05) is 22.0 Å². The van der Waals surface area contributed by atoms with Crippen LogP contribution < -0.4 is 0 Å². The Kier molecular flexibility index (Phi) is 3.58. The lowest BCUT2D eigenvalue weighted by molar-refractivity contribution is 0.243. The molecule has 2 bridgehead atoms. The van der Waals surface area contributed by atoms with Crippen molar-refractivity contribution in [3.63, 3.8) is 0 Å². The molecule has 0 saturated heterocycles. The molecule has 6 heteroatoms. The minimum atomic E-state index is 0.0454. The standard InChI is InChI=1S/C16H14Br2Cl2N2/c1-15(6-17)8-2-3-16(15,7-18)14-13(8)21-11-4-9(19)10(20)5-12(11)22-14/h4-5,8H,2-3,6-7H2,1H3/t8-,15+,16+/m1/s1. The second-order valence-corrected chi connectivity index (χ2v) is 8.51. The summed E-state index contributed by atoms with van der Waals surface area (Å²) in [5, 5.41) is 2.92. The van der Waals surface area contributed by atoms with Gasteiger partial charge in [0.05, 0.1) is 32.5 Å². The van der Waals surface area contributed by atoms with E-state index in [9.17, 15) is 0 Å². The molecule has 22 heavy (non-hydrogen) atoms. The van der Waals surface area contributed by atoms with Crippen LogP contribution in [0.1, 0.15) is 37.1 Å². The number of aromatic nitrogens is 2. The Balaban J connectivity index is 2.04. The summed E-state index contributed by atoms with van der Waals surface area (Å²) in [7, 11) is 0. The molecule has 1 aromatic carbocycles. The quantitative estimate of drug-likeness (QED) is 0.520. The Morgan fingerprint density at radius 3 is 2.36 bits per heavy atom. The molecule has 116 valence electrons. The van der Waals surface area contributed by atoms with Crippen LogP contribution in [0.15, 0.2) is 12.1 Å². The molecule has 3 atom stereocenters. The van der Waals surface area contributed by atoms with Crippen LogP contribution in [-0.4, -0.2) is 20.6 Å². The van der Waals surface area contributed by atoms with E-state index < -0.39 is 0 Å². The van der Waals surface area contributed by atoms with Crippen molar-refractivity contribution in [2.24, 2.45) is 5.41 Å². The summed E-state index contributed by atoms with van der Waals surface area (Å²) in [6.07, 6.45) is 2.32. The molecule has 0 aliphatic heterocycles. The summed E-state index contributed by atoms with van der Waals surface area (Å²) in [4.78, 5) is 9.90. The zero-order valence-electron chi connectivity index (χ0n) is 12.0. The van der Waals surface area contributed by atoms with Crippen LogP contribution >= 0.6 is 55.1 Å². The van der Waals surface area contributed by atoms with Crippen molar-refractivity contribution < 1.29 is 0 Å². The largest absolute Gasteiger partial charge is 0.249 e. The summed E-state index contributed by atoms with van der Waals surface area (Å²) in [6.45, 7) is 2.36. The third-order valence-electron chi connectivity index (χ3n) is 5.74. The van der Waals surface area contributed by atoms with E-state index in [0.29, 0.717) is 16.0 Å². The van der Waals surface area contributed by atoms with E-state index >= 15 is 0 Å². The van der Waals surface area contributed by atoms with E-state index in [1.807, 2.05) is 12.1 Å². The predicted molar refractivity (Wildman–Crippen MR) is 98.9 cm³/mol. The highest BCUT2D eigenvalue weighted by Gasteiger charge is 2.65. The summed E-state index contributed by atoms with van der Waals surface area (Å²) < 4.78 is 0.